The van der Waals surface area contributed by atoms with Crippen LogP contribution in [0.4, 0.5) is 0 Å². The molecule has 0 heterocycles. The van der Waals surface area contributed by atoms with Gasteiger partial charge in [-0.3, -0.25) is 0 Å². The van der Waals surface area contributed by atoms with Crippen molar-refractivity contribution in [2.75, 3.05) is 0 Å². The predicted molar refractivity (Wildman–Crippen MR) is 57.3 cm³/mol. The Labute approximate surface area is 78.1 Å². The van der Waals surface area contributed by atoms with Crippen LogP contribution in [0.15, 0.2) is 11.6 Å². The molecule has 0 fully saturated rings. The van der Waals surface area contributed by atoms with Crippen LogP contribution in [0, 0.1) is 11.3 Å². The summed E-state index contributed by atoms with van der Waals surface area (Å²) in [5, 5.41) is 0. The van der Waals surface area contributed by atoms with Crippen molar-refractivity contribution < 1.29 is 0 Å². The Morgan fingerprint density at radius 3 is 2.08 bits per heavy atom. The van der Waals surface area contributed by atoms with E-state index in [9.17, 15) is 0 Å². The average Bonchev–Trinajstić information content (AvgIpc) is 1.84. The molecular weight excluding hydrogens is 144 g/mol. The van der Waals surface area contributed by atoms with E-state index in [1.807, 2.05) is 0 Å². The number of rotatable bonds is 3. The highest BCUT2D eigenvalue weighted by Gasteiger charge is 2.11. The van der Waals surface area contributed by atoms with Gasteiger partial charge in [-0.25, -0.2) is 0 Å². The molecule has 0 atom stereocenters. The monoisotopic (exact) mass is 168 g/mol. The standard InChI is InChI=1S/C12H24/c1-10(2)8-7-9-11(3)12(4,5)6/h9-10H,7-8H2,1-6H3. The molecule has 0 saturated heterocycles. The van der Waals surface area contributed by atoms with Gasteiger partial charge in [-0.2, -0.15) is 0 Å². The summed E-state index contributed by atoms with van der Waals surface area (Å²) in [6, 6.07) is 0. The Morgan fingerprint density at radius 2 is 1.75 bits per heavy atom. The normalized spacial score (nSPS) is 14.1. The summed E-state index contributed by atoms with van der Waals surface area (Å²) >= 11 is 0. The molecule has 72 valence electrons. The molecule has 0 N–H and O–H groups in total. The third-order valence-corrected chi connectivity index (χ3v) is 2.38. The topological polar surface area (TPSA) is 0 Å². The Hall–Kier alpha value is -0.260. The number of allylic oxidation sites excluding steroid dienone is 2. The second-order valence-corrected chi connectivity index (χ2v) is 5.11. The first-order valence-electron chi connectivity index (χ1n) is 5.01. The maximum atomic E-state index is 2.39. The summed E-state index contributed by atoms with van der Waals surface area (Å²) < 4.78 is 0. The lowest BCUT2D eigenvalue weighted by Gasteiger charge is -2.19. The Balaban J connectivity index is 3.86. The lowest BCUT2D eigenvalue weighted by Crippen LogP contribution is -2.06. The molecule has 0 radical (unpaired) electrons. The van der Waals surface area contributed by atoms with E-state index in [1.54, 1.807) is 0 Å². The van der Waals surface area contributed by atoms with Gasteiger partial charge in [0.15, 0.2) is 0 Å². The fourth-order valence-corrected chi connectivity index (χ4v) is 0.939. The van der Waals surface area contributed by atoms with E-state index in [2.05, 4.69) is 47.6 Å². The van der Waals surface area contributed by atoms with Gasteiger partial charge in [-0.1, -0.05) is 46.3 Å². The molecule has 0 aliphatic heterocycles. The number of hydrogen-bond acceptors (Lipinski definition) is 0. The van der Waals surface area contributed by atoms with Crippen molar-refractivity contribution in [1.82, 2.24) is 0 Å². The fraction of sp³-hybridized carbons (Fsp3) is 0.833. The van der Waals surface area contributed by atoms with E-state index in [0.717, 1.165) is 5.92 Å². The minimum Gasteiger partial charge on any atom is -0.0851 e. The summed E-state index contributed by atoms with van der Waals surface area (Å²) in [6.07, 6.45) is 4.94. The molecule has 0 rings (SSSR count). The van der Waals surface area contributed by atoms with Gasteiger partial charge in [-0.05, 0) is 31.1 Å². The lowest BCUT2D eigenvalue weighted by molar-refractivity contribution is 0.497. The Bertz CT molecular complexity index is 144. The highest BCUT2D eigenvalue weighted by atomic mass is 14.2. The maximum Gasteiger partial charge on any atom is -0.0176 e. The van der Waals surface area contributed by atoms with Gasteiger partial charge in [-0.15, -0.1) is 0 Å². The van der Waals surface area contributed by atoms with E-state index in [1.165, 1.54) is 18.4 Å². The molecule has 0 amide bonds. The Morgan fingerprint density at radius 1 is 1.25 bits per heavy atom. The molecule has 0 bridgehead atoms. The summed E-state index contributed by atoms with van der Waals surface area (Å²) in [5.41, 5.74) is 1.87. The van der Waals surface area contributed by atoms with Crippen molar-refractivity contribution in [2.45, 2.75) is 54.4 Å². The zero-order valence-electron chi connectivity index (χ0n) is 9.57. The molecule has 0 spiro atoms. The third-order valence-electron chi connectivity index (χ3n) is 2.38. The molecule has 0 aliphatic rings. The second kappa shape index (κ2) is 4.69. The minimum absolute atomic E-state index is 0.358. The third kappa shape index (κ3) is 5.40. The molecule has 0 aliphatic carbocycles. The molecule has 0 aromatic rings. The molecule has 0 aromatic heterocycles. The van der Waals surface area contributed by atoms with Crippen molar-refractivity contribution in [1.29, 1.82) is 0 Å². The van der Waals surface area contributed by atoms with Crippen LogP contribution < -0.4 is 0 Å². The lowest BCUT2D eigenvalue weighted by atomic mass is 9.86. The van der Waals surface area contributed by atoms with Crippen LogP contribution in [-0.2, 0) is 0 Å². The molecule has 0 aromatic carbocycles. The smallest absolute Gasteiger partial charge is 0.0176 e. The van der Waals surface area contributed by atoms with E-state index in [4.69, 9.17) is 0 Å². The van der Waals surface area contributed by atoms with Crippen LogP contribution in [0.1, 0.15) is 54.4 Å². The zero-order valence-corrected chi connectivity index (χ0v) is 9.57. The average molecular weight is 168 g/mol. The Kier molecular flexibility index (Phi) is 4.59. The first-order chi connectivity index (χ1) is 5.34. The summed E-state index contributed by atoms with van der Waals surface area (Å²) in [5.74, 6) is 0.828. The van der Waals surface area contributed by atoms with Crippen LogP contribution in [-0.4, -0.2) is 0 Å². The zero-order chi connectivity index (χ0) is 9.78. The molecular formula is C12H24. The summed E-state index contributed by atoms with van der Waals surface area (Å²) in [6.45, 7) is 13.6. The van der Waals surface area contributed by atoms with Crippen LogP contribution in [0.5, 0.6) is 0 Å². The summed E-state index contributed by atoms with van der Waals surface area (Å²) in [7, 11) is 0. The highest BCUT2D eigenvalue weighted by Crippen LogP contribution is 2.25. The molecule has 0 unspecified atom stereocenters. The SMILES string of the molecule is CC(=CCCC(C)C)C(C)(C)C. The predicted octanol–water partition coefficient (Wildman–Crippen LogP) is 4.42. The summed E-state index contributed by atoms with van der Waals surface area (Å²) in [4.78, 5) is 0. The van der Waals surface area contributed by atoms with Crippen LogP contribution in [0.2, 0.25) is 0 Å². The van der Waals surface area contributed by atoms with E-state index >= 15 is 0 Å². The number of hydrogen-bond donors (Lipinski definition) is 0. The minimum atomic E-state index is 0.358. The van der Waals surface area contributed by atoms with Crippen molar-refractivity contribution >= 4 is 0 Å². The molecule has 0 heteroatoms. The van der Waals surface area contributed by atoms with Crippen LogP contribution in [0.25, 0.3) is 0 Å². The quantitative estimate of drug-likeness (QED) is 0.547. The van der Waals surface area contributed by atoms with E-state index < -0.39 is 0 Å². The van der Waals surface area contributed by atoms with Gasteiger partial charge in [0.1, 0.15) is 0 Å². The van der Waals surface area contributed by atoms with Gasteiger partial charge < -0.3 is 0 Å². The van der Waals surface area contributed by atoms with Crippen molar-refractivity contribution in [3.05, 3.63) is 11.6 Å². The fourth-order valence-electron chi connectivity index (χ4n) is 0.939. The van der Waals surface area contributed by atoms with E-state index in [0.29, 0.717) is 5.41 Å². The first-order valence-corrected chi connectivity index (χ1v) is 5.01. The maximum absolute atomic E-state index is 2.39. The van der Waals surface area contributed by atoms with Gasteiger partial charge in [0.05, 0.1) is 0 Å². The van der Waals surface area contributed by atoms with Gasteiger partial charge in [0.2, 0.25) is 0 Å². The van der Waals surface area contributed by atoms with Crippen molar-refractivity contribution in [3.63, 3.8) is 0 Å². The highest BCUT2D eigenvalue weighted by molar-refractivity contribution is 5.07. The van der Waals surface area contributed by atoms with Crippen LogP contribution >= 0.6 is 0 Å². The van der Waals surface area contributed by atoms with Crippen molar-refractivity contribution in [2.24, 2.45) is 11.3 Å². The first kappa shape index (κ1) is 11.7. The largest absolute Gasteiger partial charge is 0.0851 e. The second-order valence-electron chi connectivity index (χ2n) is 5.11. The van der Waals surface area contributed by atoms with Crippen LogP contribution in [0.3, 0.4) is 0 Å². The van der Waals surface area contributed by atoms with Gasteiger partial charge in [0.25, 0.3) is 0 Å². The molecule has 0 saturated carbocycles. The van der Waals surface area contributed by atoms with E-state index in [-0.39, 0.29) is 0 Å². The van der Waals surface area contributed by atoms with Crippen molar-refractivity contribution in [3.8, 4) is 0 Å². The molecule has 12 heavy (non-hydrogen) atoms. The van der Waals surface area contributed by atoms with Gasteiger partial charge >= 0.3 is 0 Å². The van der Waals surface area contributed by atoms with Gasteiger partial charge in [0, 0.05) is 0 Å². The molecule has 0 nitrogen and oxygen atoms in total.